The van der Waals surface area contributed by atoms with Crippen molar-refractivity contribution >= 4 is 23.5 Å². The van der Waals surface area contributed by atoms with Crippen molar-refractivity contribution in [1.29, 1.82) is 0 Å². The van der Waals surface area contributed by atoms with Gasteiger partial charge in [-0.15, -0.1) is 0 Å². The third-order valence-corrected chi connectivity index (χ3v) is 4.90. The average Bonchev–Trinajstić information content (AvgIpc) is 3.13. The van der Waals surface area contributed by atoms with Crippen LogP contribution in [-0.4, -0.2) is 43.1 Å². The zero-order valence-electron chi connectivity index (χ0n) is 17.0. The molecule has 4 heterocycles. The molecule has 3 aromatic heterocycles. The summed E-state index contributed by atoms with van der Waals surface area (Å²) in [6, 6.07) is 5.72. The number of rotatable bonds is 5. The van der Waals surface area contributed by atoms with E-state index in [1.807, 2.05) is 36.7 Å². The molecule has 0 bridgehead atoms. The Balaban J connectivity index is 1.32. The van der Waals surface area contributed by atoms with E-state index >= 15 is 0 Å². The van der Waals surface area contributed by atoms with Crippen LogP contribution in [0.4, 0.5) is 11.6 Å². The van der Waals surface area contributed by atoms with Crippen molar-refractivity contribution in [1.82, 2.24) is 24.7 Å². The van der Waals surface area contributed by atoms with Gasteiger partial charge in [0, 0.05) is 49.5 Å². The maximum atomic E-state index is 12.6. The van der Waals surface area contributed by atoms with E-state index in [1.54, 1.807) is 17.3 Å². The number of nitrogens with zero attached hydrogens (tertiary/aromatic N) is 6. The van der Waals surface area contributed by atoms with Crippen LogP contribution in [0.25, 0.3) is 11.3 Å². The van der Waals surface area contributed by atoms with E-state index in [0.29, 0.717) is 18.1 Å². The summed E-state index contributed by atoms with van der Waals surface area (Å²) in [5.41, 5.74) is 3.33. The van der Waals surface area contributed by atoms with Gasteiger partial charge in [-0.05, 0) is 32.4 Å². The lowest BCUT2D eigenvalue weighted by Gasteiger charge is -2.27. The normalized spacial score (nSPS) is 13.1. The molecule has 0 fully saturated rings. The Morgan fingerprint density at radius 2 is 1.87 bits per heavy atom. The molecular formula is C21H23N7O2. The molecule has 30 heavy (non-hydrogen) atoms. The SMILES string of the molecule is Cc1ccc(-c2cnc(NC(=O)CCC(=O)N3CCCn4nc(C)cc43)cn2)cn1. The Morgan fingerprint density at radius 3 is 2.60 bits per heavy atom. The van der Waals surface area contributed by atoms with Gasteiger partial charge in [0.25, 0.3) is 0 Å². The lowest BCUT2D eigenvalue weighted by molar-refractivity contribution is -0.122. The first-order valence-corrected chi connectivity index (χ1v) is 9.89. The second-order valence-corrected chi connectivity index (χ2v) is 7.29. The molecule has 0 spiro atoms. The molecule has 1 N–H and O–H groups in total. The summed E-state index contributed by atoms with van der Waals surface area (Å²) in [5, 5.41) is 7.09. The number of hydrogen-bond acceptors (Lipinski definition) is 6. The van der Waals surface area contributed by atoms with Gasteiger partial charge in [0.1, 0.15) is 5.82 Å². The summed E-state index contributed by atoms with van der Waals surface area (Å²) in [5.74, 6) is 0.794. The van der Waals surface area contributed by atoms with Crippen molar-refractivity contribution in [3.8, 4) is 11.3 Å². The van der Waals surface area contributed by atoms with Crippen LogP contribution in [0.2, 0.25) is 0 Å². The Bertz CT molecular complexity index is 1060. The molecule has 1 aliphatic rings. The highest BCUT2D eigenvalue weighted by Crippen LogP contribution is 2.22. The molecule has 4 rings (SSSR count). The molecule has 0 aliphatic carbocycles. The summed E-state index contributed by atoms with van der Waals surface area (Å²) >= 11 is 0. The summed E-state index contributed by atoms with van der Waals surface area (Å²) in [6.07, 6.45) is 5.87. The van der Waals surface area contributed by atoms with Gasteiger partial charge in [-0.1, -0.05) is 0 Å². The monoisotopic (exact) mass is 405 g/mol. The number of carbonyl (C=O) groups is 2. The Kier molecular flexibility index (Phi) is 5.51. The fraction of sp³-hybridized carbons (Fsp3) is 0.333. The maximum absolute atomic E-state index is 12.6. The molecule has 154 valence electrons. The molecule has 0 aromatic carbocycles. The molecule has 0 saturated heterocycles. The molecule has 9 heteroatoms. The van der Waals surface area contributed by atoms with Gasteiger partial charge in [0.2, 0.25) is 11.8 Å². The summed E-state index contributed by atoms with van der Waals surface area (Å²) < 4.78 is 1.84. The first-order valence-electron chi connectivity index (χ1n) is 9.89. The van der Waals surface area contributed by atoms with Crippen molar-refractivity contribution in [3.63, 3.8) is 0 Å². The number of hydrogen-bond donors (Lipinski definition) is 1. The smallest absolute Gasteiger partial charge is 0.228 e. The van der Waals surface area contributed by atoms with E-state index < -0.39 is 0 Å². The summed E-state index contributed by atoms with van der Waals surface area (Å²) in [6.45, 7) is 5.27. The number of fused-ring (bicyclic) bond motifs is 1. The highest BCUT2D eigenvalue weighted by atomic mass is 16.2. The number of pyridine rings is 1. The first kappa shape index (κ1) is 19.7. The van der Waals surface area contributed by atoms with Gasteiger partial charge >= 0.3 is 0 Å². The van der Waals surface area contributed by atoms with Crippen LogP contribution in [-0.2, 0) is 16.1 Å². The van der Waals surface area contributed by atoms with Crippen LogP contribution in [0.5, 0.6) is 0 Å². The van der Waals surface area contributed by atoms with E-state index in [4.69, 9.17) is 0 Å². The molecule has 2 amide bonds. The summed E-state index contributed by atoms with van der Waals surface area (Å²) in [7, 11) is 0. The second kappa shape index (κ2) is 8.40. The van der Waals surface area contributed by atoms with E-state index in [2.05, 4.69) is 25.4 Å². The van der Waals surface area contributed by atoms with Crippen molar-refractivity contribution in [2.45, 2.75) is 39.7 Å². The Hall–Kier alpha value is -3.62. The average molecular weight is 405 g/mol. The van der Waals surface area contributed by atoms with Gasteiger partial charge in [-0.2, -0.15) is 5.10 Å². The van der Waals surface area contributed by atoms with Crippen molar-refractivity contribution < 1.29 is 9.59 Å². The highest BCUT2D eigenvalue weighted by molar-refractivity contribution is 5.97. The summed E-state index contributed by atoms with van der Waals surface area (Å²) in [4.78, 5) is 39.4. The van der Waals surface area contributed by atoms with E-state index in [9.17, 15) is 9.59 Å². The van der Waals surface area contributed by atoms with Crippen LogP contribution in [0.3, 0.4) is 0 Å². The maximum Gasteiger partial charge on any atom is 0.228 e. The molecule has 0 unspecified atom stereocenters. The molecule has 1 aliphatic heterocycles. The minimum Gasteiger partial charge on any atom is -0.309 e. The topological polar surface area (TPSA) is 106 Å². The minimum absolute atomic E-state index is 0.0771. The van der Waals surface area contributed by atoms with Crippen LogP contribution >= 0.6 is 0 Å². The number of anilines is 2. The van der Waals surface area contributed by atoms with Gasteiger partial charge < -0.3 is 5.32 Å². The number of nitrogens with one attached hydrogen (secondary N) is 1. The second-order valence-electron chi connectivity index (χ2n) is 7.29. The lowest BCUT2D eigenvalue weighted by atomic mass is 10.2. The molecule has 3 aromatic rings. The van der Waals surface area contributed by atoms with Crippen molar-refractivity contribution in [3.05, 3.63) is 48.2 Å². The molecule has 0 radical (unpaired) electrons. The number of carbonyl (C=O) groups excluding carboxylic acids is 2. The van der Waals surface area contributed by atoms with E-state index in [0.717, 1.165) is 35.7 Å². The third kappa shape index (κ3) is 4.35. The van der Waals surface area contributed by atoms with Crippen molar-refractivity contribution in [2.24, 2.45) is 0 Å². The van der Waals surface area contributed by atoms with Crippen LogP contribution < -0.4 is 10.2 Å². The Labute approximate surface area is 174 Å². The predicted molar refractivity (Wildman–Crippen MR) is 112 cm³/mol. The number of aryl methyl sites for hydroxylation is 3. The lowest BCUT2D eigenvalue weighted by Crippen LogP contribution is -2.37. The number of aromatic nitrogens is 5. The fourth-order valence-electron chi connectivity index (χ4n) is 3.38. The van der Waals surface area contributed by atoms with Gasteiger partial charge in [0.05, 0.1) is 23.8 Å². The van der Waals surface area contributed by atoms with Crippen LogP contribution in [0.15, 0.2) is 36.8 Å². The zero-order valence-corrected chi connectivity index (χ0v) is 17.0. The fourth-order valence-corrected chi connectivity index (χ4v) is 3.38. The van der Waals surface area contributed by atoms with E-state index in [-0.39, 0.29) is 24.7 Å². The van der Waals surface area contributed by atoms with Gasteiger partial charge in [-0.3, -0.25) is 24.5 Å². The first-order chi connectivity index (χ1) is 14.5. The molecule has 0 saturated carbocycles. The largest absolute Gasteiger partial charge is 0.309 e. The zero-order chi connectivity index (χ0) is 21.1. The third-order valence-electron chi connectivity index (χ3n) is 4.90. The van der Waals surface area contributed by atoms with Crippen LogP contribution in [0.1, 0.15) is 30.7 Å². The van der Waals surface area contributed by atoms with Crippen molar-refractivity contribution in [2.75, 3.05) is 16.8 Å². The predicted octanol–water partition coefficient (Wildman–Crippen LogP) is 2.51. The van der Waals surface area contributed by atoms with Gasteiger partial charge in [-0.25, -0.2) is 9.67 Å². The molecule has 9 nitrogen and oxygen atoms in total. The molecular weight excluding hydrogens is 382 g/mol. The van der Waals surface area contributed by atoms with Crippen LogP contribution in [0, 0.1) is 13.8 Å². The minimum atomic E-state index is -0.274. The number of amides is 2. The highest BCUT2D eigenvalue weighted by Gasteiger charge is 2.24. The van der Waals surface area contributed by atoms with E-state index in [1.165, 1.54) is 6.20 Å². The Morgan fingerprint density at radius 1 is 1.00 bits per heavy atom. The van der Waals surface area contributed by atoms with Gasteiger partial charge in [0.15, 0.2) is 5.82 Å². The standard InChI is InChI=1S/C21H23N7O2/c1-14-4-5-16(11-22-14)17-12-24-18(13-23-17)25-19(29)6-7-21(30)27-8-3-9-28-20(27)10-15(2)26-28/h4-5,10-13H,3,6-9H2,1-2H3,(H,24,25,29). The molecule has 0 atom stereocenters. The quantitative estimate of drug-likeness (QED) is 0.699.